The Kier molecular flexibility index (Phi) is 4.48. The van der Waals surface area contributed by atoms with Crippen molar-refractivity contribution in [3.8, 4) is 0 Å². The third kappa shape index (κ3) is 2.91. The molecule has 5 nitrogen and oxygen atoms in total. The number of ether oxygens (including phenoxy) is 1. The van der Waals surface area contributed by atoms with Crippen molar-refractivity contribution in [3.05, 3.63) is 30.1 Å². The van der Waals surface area contributed by atoms with Gasteiger partial charge in [-0.15, -0.1) is 0 Å². The lowest BCUT2D eigenvalue weighted by molar-refractivity contribution is 0.101. The number of halogens is 1. The van der Waals surface area contributed by atoms with Crippen LogP contribution in [0.5, 0.6) is 0 Å². The lowest BCUT2D eigenvalue weighted by Gasteiger charge is -2.30. The highest BCUT2D eigenvalue weighted by Gasteiger charge is 2.52. The number of likely N-dealkylation sites (tertiary alicyclic amines) is 1. The fourth-order valence-corrected chi connectivity index (χ4v) is 5.65. The summed E-state index contributed by atoms with van der Waals surface area (Å²) < 4.78 is 46.3. The molecule has 0 amide bonds. The highest BCUT2D eigenvalue weighted by molar-refractivity contribution is 7.89. The maximum atomic E-state index is 13.9. The molecule has 2 aliphatic rings. The summed E-state index contributed by atoms with van der Waals surface area (Å²) in [5, 5.41) is 0. The van der Waals surface area contributed by atoms with Crippen molar-refractivity contribution in [3.63, 3.8) is 0 Å². The van der Waals surface area contributed by atoms with Crippen molar-refractivity contribution in [1.29, 1.82) is 0 Å². The van der Waals surface area contributed by atoms with Crippen molar-refractivity contribution < 1.29 is 17.5 Å². The summed E-state index contributed by atoms with van der Waals surface area (Å²) in [6.07, 6.45) is 0.791. The molecule has 0 bridgehead atoms. The first-order valence-corrected chi connectivity index (χ1v) is 9.25. The van der Waals surface area contributed by atoms with E-state index in [1.807, 2.05) is 7.05 Å². The monoisotopic (exact) mass is 342 g/mol. The molecule has 2 aliphatic heterocycles. The average Bonchev–Trinajstić information content (AvgIpc) is 3.05. The highest BCUT2D eigenvalue weighted by Crippen LogP contribution is 2.45. The van der Waals surface area contributed by atoms with Crippen molar-refractivity contribution in [2.45, 2.75) is 11.3 Å². The van der Waals surface area contributed by atoms with E-state index < -0.39 is 15.8 Å². The van der Waals surface area contributed by atoms with Crippen LogP contribution in [0.1, 0.15) is 6.42 Å². The lowest BCUT2D eigenvalue weighted by Crippen LogP contribution is -2.38. The zero-order chi connectivity index (χ0) is 16.7. The Morgan fingerprint density at radius 3 is 2.78 bits per heavy atom. The third-order valence-electron chi connectivity index (χ3n) is 5.16. The van der Waals surface area contributed by atoms with E-state index in [-0.39, 0.29) is 10.3 Å². The second-order valence-corrected chi connectivity index (χ2v) is 8.64. The third-order valence-corrected chi connectivity index (χ3v) is 7.03. The van der Waals surface area contributed by atoms with Crippen molar-refractivity contribution >= 4 is 10.0 Å². The Morgan fingerprint density at radius 1 is 1.35 bits per heavy atom. The Morgan fingerprint density at radius 2 is 2.09 bits per heavy atom. The summed E-state index contributed by atoms with van der Waals surface area (Å²) in [5.41, 5.74) is -0.0942. The van der Waals surface area contributed by atoms with Gasteiger partial charge in [0.25, 0.3) is 0 Å². The summed E-state index contributed by atoms with van der Waals surface area (Å²) in [6.45, 7) is 3.25. The summed E-state index contributed by atoms with van der Waals surface area (Å²) in [4.78, 5) is 2.00. The van der Waals surface area contributed by atoms with Crippen molar-refractivity contribution in [2.24, 2.45) is 11.3 Å². The molecule has 2 atom stereocenters. The smallest absolute Gasteiger partial charge is 0.246 e. The molecule has 0 radical (unpaired) electrons. The molecular formula is C16H23FN2O3S. The van der Waals surface area contributed by atoms with Crippen molar-refractivity contribution in [1.82, 2.24) is 9.21 Å². The molecule has 0 aromatic heterocycles. The largest absolute Gasteiger partial charge is 0.384 e. The number of nitrogens with zero attached hydrogens (tertiary/aromatic N) is 2. The standard InChI is InChI=1S/C16H23FN2O3S/c1-18-9-13(10-22-2)16(11-18)7-8-19(12-16)23(20,21)15-6-4-3-5-14(15)17/h3-6,13H,7-12H2,1-2H3/t13-,16+/m1/s1. The van der Waals surface area contributed by atoms with Gasteiger partial charge in [-0.05, 0) is 25.6 Å². The molecule has 0 saturated carbocycles. The van der Waals surface area contributed by atoms with Gasteiger partial charge in [0.05, 0.1) is 6.61 Å². The molecule has 0 unspecified atom stereocenters. The van der Waals surface area contributed by atoms with E-state index in [0.717, 1.165) is 19.5 Å². The van der Waals surface area contributed by atoms with E-state index in [0.29, 0.717) is 25.6 Å². The predicted molar refractivity (Wildman–Crippen MR) is 85.1 cm³/mol. The van der Waals surface area contributed by atoms with Gasteiger partial charge in [-0.25, -0.2) is 12.8 Å². The maximum Gasteiger partial charge on any atom is 0.246 e. The van der Waals surface area contributed by atoms with Crippen LogP contribution in [0.25, 0.3) is 0 Å². The van der Waals surface area contributed by atoms with E-state index in [1.165, 1.54) is 22.5 Å². The molecule has 1 spiro atoms. The molecule has 1 aromatic carbocycles. The van der Waals surface area contributed by atoms with Crippen LogP contribution < -0.4 is 0 Å². The normalized spacial score (nSPS) is 29.6. The number of rotatable bonds is 4. The van der Waals surface area contributed by atoms with Gasteiger partial charge in [-0.2, -0.15) is 4.31 Å². The zero-order valence-electron chi connectivity index (χ0n) is 13.5. The molecule has 23 heavy (non-hydrogen) atoms. The molecule has 128 valence electrons. The molecule has 2 saturated heterocycles. The quantitative estimate of drug-likeness (QED) is 0.830. The Hall–Kier alpha value is -1.02. The molecule has 1 aromatic rings. The van der Waals surface area contributed by atoms with E-state index in [2.05, 4.69) is 4.90 Å². The minimum absolute atomic E-state index is 0.0942. The van der Waals surface area contributed by atoms with Gasteiger partial charge in [0.2, 0.25) is 10.0 Å². The molecular weight excluding hydrogens is 319 g/mol. The summed E-state index contributed by atoms with van der Waals surface area (Å²) >= 11 is 0. The first-order chi connectivity index (χ1) is 10.9. The van der Waals surface area contributed by atoms with E-state index in [1.54, 1.807) is 13.2 Å². The van der Waals surface area contributed by atoms with Crippen LogP contribution in [-0.2, 0) is 14.8 Å². The summed E-state index contributed by atoms with van der Waals surface area (Å²) in [6, 6.07) is 5.58. The number of hydrogen-bond acceptors (Lipinski definition) is 4. The van der Waals surface area contributed by atoms with Gasteiger partial charge < -0.3 is 9.64 Å². The van der Waals surface area contributed by atoms with Crippen LogP contribution in [0, 0.1) is 17.2 Å². The fraction of sp³-hybridized carbons (Fsp3) is 0.625. The van der Waals surface area contributed by atoms with Gasteiger partial charge >= 0.3 is 0 Å². The Bertz CT molecular complexity index is 682. The average molecular weight is 342 g/mol. The lowest BCUT2D eigenvalue weighted by atomic mass is 9.78. The van der Waals surface area contributed by atoms with Crippen LogP contribution >= 0.6 is 0 Å². The first kappa shape index (κ1) is 16.8. The maximum absolute atomic E-state index is 13.9. The van der Waals surface area contributed by atoms with Crippen LogP contribution in [0.2, 0.25) is 0 Å². The molecule has 7 heteroatoms. The van der Waals surface area contributed by atoms with Crippen LogP contribution in [0.4, 0.5) is 4.39 Å². The number of benzene rings is 1. The Labute approximate surface area is 137 Å². The van der Waals surface area contributed by atoms with Gasteiger partial charge in [-0.3, -0.25) is 0 Å². The van der Waals surface area contributed by atoms with Crippen LogP contribution in [-0.4, -0.2) is 64.6 Å². The van der Waals surface area contributed by atoms with Gasteiger partial charge in [-0.1, -0.05) is 12.1 Å². The predicted octanol–water partition coefficient (Wildman–Crippen LogP) is 1.41. The van der Waals surface area contributed by atoms with Gasteiger partial charge in [0.1, 0.15) is 10.7 Å². The Balaban J connectivity index is 1.86. The number of sulfonamides is 1. The SMILES string of the molecule is COC[C@H]1CN(C)C[C@]12CCN(S(=O)(=O)c1ccccc1F)C2. The number of hydrogen-bond donors (Lipinski definition) is 0. The fourth-order valence-electron chi connectivity index (χ4n) is 4.05. The minimum Gasteiger partial charge on any atom is -0.384 e. The highest BCUT2D eigenvalue weighted by atomic mass is 32.2. The molecule has 2 fully saturated rings. The number of methoxy groups -OCH3 is 1. The van der Waals surface area contributed by atoms with E-state index >= 15 is 0 Å². The minimum atomic E-state index is -3.79. The topological polar surface area (TPSA) is 49.9 Å². The van der Waals surface area contributed by atoms with Gasteiger partial charge in [0, 0.05) is 44.6 Å². The van der Waals surface area contributed by atoms with E-state index in [9.17, 15) is 12.8 Å². The van der Waals surface area contributed by atoms with Crippen LogP contribution in [0.3, 0.4) is 0 Å². The zero-order valence-corrected chi connectivity index (χ0v) is 14.4. The van der Waals surface area contributed by atoms with E-state index in [4.69, 9.17) is 4.74 Å². The molecule has 0 aliphatic carbocycles. The van der Waals surface area contributed by atoms with Crippen LogP contribution in [0.15, 0.2) is 29.2 Å². The second-order valence-electron chi connectivity index (χ2n) is 6.73. The first-order valence-electron chi connectivity index (χ1n) is 7.81. The molecule has 0 N–H and O–H groups in total. The van der Waals surface area contributed by atoms with Gasteiger partial charge in [0.15, 0.2) is 0 Å². The summed E-state index contributed by atoms with van der Waals surface area (Å²) in [7, 11) is -0.0672. The molecule has 2 heterocycles. The summed E-state index contributed by atoms with van der Waals surface area (Å²) in [5.74, 6) is -0.385. The molecule has 3 rings (SSSR count). The second kappa shape index (κ2) is 6.12. The van der Waals surface area contributed by atoms with Crippen molar-refractivity contribution in [2.75, 3.05) is 46.9 Å².